The van der Waals surface area contributed by atoms with Gasteiger partial charge < -0.3 is 4.74 Å². The molecule has 0 radical (unpaired) electrons. The van der Waals surface area contributed by atoms with Crippen LogP contribution in [0.5, 0.6) is 5.75 Å². The van der Waals surface area contributed by atoms with E-state index < -0.39 is 11.8 Å². The highest BCUT2D eigenvalue weighted by Gasteiger charge is 2.35. The van der Waals surface area contributed by atoms with Crippen LogP contribution >= 0.6 is 67.3 Å². The molecule has 0 bridgehead atoms. The van der Waals surface area contributed by atoms with Gasteiger partial charge in [0.15, 0.2) is 5.11 Å². The molecular formula is C24H14Br2Cl2N2O3S. The molecule has 4 rings (SSSR count). The van der Waals surface area contributed by atoms with Gasteiger partial charge in [0.25, 0.3) is 11.8 Å². The fourth-order valence-electron chi connectivity index (χ4n) is 3.17. The molecule has 5 nitrogen and oxygen atoms in total. The van der Waals surface area contributed by atoms with Gasteiger partial charge in [0.2, 0.25) is 0 Å². The van der Waals surface area contributed by atoms with E-state index in [1.807, 2.05) is 24.3 Å². The molecule has 0 aromatic heterocycles. The molecule has 10 heteroatoms. The first kappa shape index (κ1) is 24.9. The molecule has 1 aliphatic heterocycles. The predicted octanol–water partition coefficient (Wildman–Crippen LogP) is 6.93. The van der Waals surface area contributed by atoms with Crippen LogP contribution in [0.2, 0.25) is 10.0 Å². The molecule has 0 spiro atoms. The normalized spacial score (nSPS) is 15.0. The zero-order chi connectivity index (χ0) is 24.4. The average Bonchev–Trinajstić information content (AvgIpc) is 2.80. The molecule has 1 heterocycles. The Kier molecular flexibility index (Phi) is 7.74. The smallest absolute Gasteiger partial charge is 0.270 e. The Bertz CT molecular complexity index is 1350. The zero-order valence-electron chi connectivity index (χ0n) is 17.2. The average molecular weight is 641 g/mol. The van der Waals surface area contributed by atoms with Crippen molar-refractivity contribution in [2.45, 2.75) is 6.61 Å². The first-order valence-electron chi connectivity index (χ1n) is 9.77. The van der Waals surface area contributed by atoms with E-state index in [0.29, 0.717) is 22.4 Å². The number of hydrogen-bond acceptors (Lipinski definition) is 4. The van der Waals surface area contributed by atoms with Gasteiger partial charge in [0, 0.05) is 4.47 Å². The molecule has 0 atom stereocenters. The minimum Gasteiger partial charge on any atom is -0.488 e. The Balaban J connectivity index is 1.58. The van der Waals surface area contributed by atoms with Crippen LogP contribution in [0.25, 0.3) is 6.08 Å². The molecular weight excluding hydrogens is 627 g/mol. The molecule has 2 amide bonds. The largest absolute Gasteiger partial charge is 0.488 e. The second-order valence-corrected chi connectivity index (χ2v) is 10.1. The van der Waals surface area contributed by atoms with Gasteiger partial charge in [-0.1, -0.05) is 63.4 Å². The van der Waals surface area contributed by atoms with Crippen molar-refractivity contribution < 1.29 is 14.3 Å². The van der Waals surface area contributed by atoms with Gasteiger partial charge >= 0.3 is 0 Å². The maximum absolute atomic E-state index is 13.2. The lowest BCUT2D eigenvalue weighted by Crippen LogP contribution is -2.54. The highest BCUT2D eigenvalue weighted by atomic mass is 79.9. The summed E-state index contributed by atoms with van der Waals surface area (Å²) in [6.07, 6.45) is 1.48. The van der Waals surface area contributed by atoms with E-state index in [1.54, 1.807) is 36.4 Å². The molecule has 0 aliphatic carbocycles. The maximum atomic E-state index is 13.2. The van der Waals surface area contributed by atoms with E-state index in [1.165, 1.54) is 6.08 Å². The van der Waals surface area contributed by atoms with Crippen molar-refractivity contribution in [1.82, 2.24) is 5.32 Å². The van der Waals surface area contributed by atoms with Crippen LogP contribution in [0.3, 0.4) is 0 Å². The highest BCUT2D eigenvalue weighted by molar-refractivity contribution is 9.10. The van der Waals surface area contributed by atoms with Crippen LogP contribution in [-0.2, 0) is 16.2 Å². The van der Waals surface area contributed by atoms with E-state index >= 15 is 0 Å². The van der Waals surface area contributed by atoms with Crippen molar-refractivity contribution in [2.75, 3.05) is 4.90 Å². The zero-order valence-corrected chi connectivity index (χ0v) is 22.7. The molecule has 34 heavy (non-hydrogen) atoms. The van der Waals surface area contributed by atoms with Crippen LogP contribution in [0, 0.1) is 0 Å². The molecule has 1 fully saturated rings. The summed E-state index contributed by atoms with van der Waals surface area (Å²) in [5.41, 5.74) is 1.82. The third-order valence-corrected chi connectivity index (χ3v) is 7.09. The molecule has 0 unspecified atom stereocenters. The second-order valence-electron chi connectivity index (χ2n) is 7.14. The molecule has 1 N–H and O–H groups in total. The van der Waals surface area contributed by atoms with Gasteiger partial charge in [0.1, 0.15) is 17.9 Å². The van der Waals surface area contributed by atoms with Crippen molar-refractivity contribution >= 4 is 96.0 Å². The van der Waals surface area contributed by atoms with Crippen LogP contribution in [0.4, 0.5) is 5.69 Å². The lowest BCUT2D eigenvalue weighted by atomic mass is 10.1. The number of carbonyl (C=O) groups is 2. The standard InChI is InChI=1S/C24H14Br2Cl2N2O3S/c25-15-7-4-13(5-8-15)12-33-20-9-6-14(11-17(20)26)10-16-22(31)29-24(34)30(23(16)32)19-3-1-2-18(27)21(19)28/h1-11H,12H2,(H,29,31,34)/b16-10+. The van der Waals surface area contributed by atoms with E-state index in [9.17, 15) is 9.59 Å². The quantitative estimate of drug-likeness (QED) is 0.187. The Morgan fingerprint density at radius 2 is 1.76 bits per heavy atom. The number of benzene rings is 3. The molecule has 0 saturated carbocycles. The Morgan fingerprint density at radius 1 is 1.03 bits per heavy atom. The van der Waals surface area contributed by atoms with Gasteiger partial charge in [0.05, 0.1) is 20.2 Å². The summed E-state index contributed by atoms with van der Waals surface area (Å²) in [5.74, 6) is -0.585. The minimum absolute atomic E-state index is 0.0748. The summed E-state index contributed by atoms with van der Waals surface area (Å²) in [7, 11) is 0. The predicted molar refractivity (Wildman–Crippen MR) is 145 cm³/mol. The van der Waals surface area contributed by atoms with E-state index in [2.05, 4.69) is 37.2 Å². The van der Waals surface area contributed by atoms with Crippen molar-refractivity contribution in [3.8, 4) is 5.75 Å². The molecule has 3 aromatic rings. The SMILES string of the molecule is O=C1NC(=S)N(c2cccc(Cl)c2Cl)C(=O)/C1=C/c1ccc(OCc2ccc(Br)cc2)c(Br)c1. The number of rotatable bonds is 5. The number of carbonyl (C=O) groups excluding carboxylic acids is 2. The Hall–Kier alpha value is -2.23. The number of halogens is 4. The third kappa shape index (κ3) is 5.37. The lowest BCUT2D eigenvalue weighted by Gasteiger charge is -2.29. The van der Waals surface area contributed by atoms with E-state index in [0.717, 1.165) is 14.9 Å². The number of nitrogens with one attached hydrogen (secondary N) is 1. The van der Waals surface area contributed by atoms with Crippen molar-refractivity contribution in [3.63, 3.8) is 0 Å². The summed E-state index contributed by atoms with van der Waals surface area (Å²) >= 11 is 24.5. The van der Waals surface area contributed by atoms with Crippen molar-refractivity contribution in [1.29, 1.82) is 0 Å². The topological polar surface area (TPSA) is 58.6 Å². The minimum atomic E-state index is -0.607. The number of nitrogens with zero attached hydrogens (tertiary/aromatic N) is 1. The monoisotopic (exact) mass is 638 g/mol. The Morgan fingerprint density at radius 3 is 2.47 bits per heavy atom. The van der Waals surface area contributed by atoms with Gasteiger partial charge in [-0.2, -0.15) is 0 Å². The highest BCUT2D eigenvalue weighted by Crippen LogP contribution is 2.35. The third-order valence-electron chi connectivity index (χ3n) is 4.85. The van der Waals surface area contributed by atoms with Crippen LogP contribution in [-0.4, -0.2) is 16.9 Å². The van der Waals surface area contributed by atoms with Gasteiger partial charge in [-0.15, -0.1) is 0 Å². The summed E-state index contributed by atoms with van der Waals surface area (Å²) in [6, 6.07) is 17.9. The number of ether oxygens (including phenoxy) is 1. The van der Waals surface area contributed by atoms with Crippen molar-refractivity contribution in [3.05, 3.63) is 96.4 Å². The summed E-state index contributed by atoms with van der Waals surface area (Å²) < 4.78 is 7.55. The van der Waals surface area contributed by atoms with Gasteiger partial charge in [-0.25, -0.2) is 0 Å². The second kappa shape index (κ2) is 10.6. The summed E-state index contributed by atoms with van der Waals surface area (Å²) in [5, 5.41) is 2.88. The van der Waals surface area contributed by atoms with Crippen LogP contribution < -0.4 is 15.0 Å². The molecule has 172 valence electrons. The van der Waals surface area contributed by atoms with E-state index in [4.69, 9.17) is 40.2 Å². The van der Waals surface area contributed by atoms with Gasteiger partial charge in [-0.05, 0) is 81.7 Å². The first-order chi connectivity index (χ1) is 16.2. The van der Waals surface area contributed by atoms with Crippen LogP contribution in [0.15, 0.2) is 75.2 Å². The number of thiocarbonyl (C=S) groups is 1. The first-order valence-corrected chi connectivity index (χ1v) is 12.5. The summed E-state index contributed by atoms with van der Waals surface area (Å²) in [6.45, 7) is 0.389. The molecule has 3 aromatic carbocycles. The lowest BCUT2D eigenvalue weighted by molar-refractivity contribution is -0.122. The Labute approximate surface area is 227 Å². The number of anilines is 1. The maximum Gasteiger partial charge on any atom is 0.270 e. The van der Waals surface area contributed by atoms with E-state index in [-0.39, 0.29) is 26.4 Å². The number of amides is 2. The number of hydrogen-bond donors (Lipinski definition) is 1. The van der Waals surface area contributed by atoms with Gasteiger partial charge in [-0.3, -0.25) is 19.8 Å². The fourth-order valence-corrected chi connectivity index (χ4v) is 4.60. The van der Waals surface area contributed by atoms with Crippen molar-refractivity contribution in [2.24, 2.45) is 0 Å². The molecule has 1 aliphatic rings. The fraction of sp³-hybridized carbons (Fsp3) is 0.0417. The molecule has 1 saturated heterocycles. The van der Waals surface area contributed by atoms with Crippen LogP contribution in [0.1, 0.15) is 11.1 Å². The summed E-state index contributed by atoms with van der Waals surface area (Å²) in [4.78, 5) is 26.9.